The molecule has 102 valence electrons. The van der Waals surface area contributed by atoms with E-state index in [0.29, 0.717) is 5.69 Å². The van der Waals surface area contributed by atoms with Crippen LogP contribution < -0.4 is 10.7 Å². The summed E-state index contributed by atoms with van der Waals surface area (Å²) in [6.45, 7) is 1.70. The van der Waals surface area contributed by atoms with Gasteiger partial charge in [-0.1, -0.05) is 0 Å². The first-order valence-electron chi connectivity index (χ1n) is 5.66. The highest BCUT2D eigenvalue weighted by atomic mass is 16.4. The maximum atomic E-state index is 11.9. The Kier molecular flexibility index (Phi) is 3.60. The van der Waals surface area contributed by atoms with Gasteiger partial charge < -0.3 is 15.4 Å². The number of carboxylic acid groups (broad SMARTS) is 1. The van der Waals surface area contributed by atoms with Gasteiger partial charge in [-0.25, -0.2) is 4.79 Å². The van der Waals surface area contributed by atoms with E-state index in [-0.39, 0.29) is 16.8 Å². The highest BCUT2D eigenvalue weighted by Gasteiger charge is 2.12. The quantitative estimate of drug-likeness (QED) is 0.773. The number of carboxylic acids is 1. The number of nitrogens with zero attached hydrogens (tertiary/aromatic N) is 1. The summed E-state index contributed by atoms with van der Waals surface area (Å²) in [5.41, 5.74) is 0.314. The minimum Gasteiger partial charge on any atom is -0.478 e. The number of carbonyl (C=O) groups is 2. The van der Waals surface area contributed by atoms with Crippen LogP contribution in [0.3, 0.4) is 0 Å². The molecule has 0 bridgehead atoms. The topological polar surface area (TPSA) is 112 Å². The lowest BCUT2D eigenvalue weighted by atomic mass is 10.2. The van der Waals surface area contributed by atoms with Crippen molar-refractivity contribution < 1.29 is 14.7 Å². The molecule has 20 heavy (non-hydrogen) atoms. The molecule has 7 heteroatoms. The lowest BCUT2D eigenvalue weighted by molar-refractivity contribution is 0.0696. The Morgan fingerprint density at radius 1 is 1.30 bits per heavy atom. The van der Waals surface area contributed by atoms with Gasteiger partial charge in [0.15, 0.2) is 5.43 Å². The van der Waals surface area contributed by atoms with Crippen molar-refractivity contribution in [1.29, 1.82) is 0 Å². The Bertz CT molecular complexity index is 736. The summed E-state index contributed by atoms with van der Waals surface area (Å²) in [6, 6.07) is 2.57. The van der Waals surface area contributed by atoms with E-state index in [4.69, 9.17) is 5.11 Å². The Labute approximate surface area is 113 Å². The van der Waals surface area contributed by atoms with Gasteiger partial charge in [0.1, 0.15) is 5.56 Å². The first-order valence-corrected chi connectivity index (χ1v) is 5.66. The van der Waals surface area contributed by atoms with Crippen LogP contribution in [0.25, 0.3) is 0 Å². The number of aromatic nitrogens is 2. The summed E-state index contributed by atoms with van der Waals surface area (Å²) < 4.78 is 0. The lowest BCUT2D eigenvalue weighted by Crippen LogP contribution is -2.21. The second kappa shape index (κ2) is 5.35. The fraction of sp³-hybridized carbons (Fsp3) is 0.0769. The summed E-state index contributed by atoms with van der Waals surface area (Å²) in [5.74, 6) is -1.78. The van der Waals surface area contributed by atoms with E-state index in [1.165, 1.54) is 24.5 Å². The normalized spacial score (nSPS) is 10.1. The number of carbonyl (C=O) groups excluding carboxylic acids is 1. The highest BCUT2D eigenvalue weighted by Crippen LogP contribution is 2.09. The molecule has 1 amide bonds. The molecule has 0 saturated carbocycles. The molecule has 2 rings (SSSR count). The van der Waals surface area contributed by atoms with Crippen LogP contribution in [0, 0.1) is 6.92 Å². The number of hydrogen-bond donors (Lipinski definition) is 3. The second-order valence-electron chi connectivity index (χ2n) is 4.12. The number of pyridine rings is 2. The van der Waals surface area contributed by atoms with Crippen LogP contribution in [0.2, 0.25) is 0 Å². The molecule has 0 aliphatic rings. The molecule has 0 spiro atoms. The van der Waals surface area contributed by atoms with E-state index in [9.17, 15) is 14.4 Å². The van der Waals surface area contributed by atoms with E-state index in [1.807, 2.05) is 0 Å². The van der Waals surface area contributed by atoms with Crippen molar-refractivity contribution in [2.75, 3.05) is 5.32 Å². The number of H-pyrrole nitrogens is 1. The minimum absolute atomic E-state index is 0.0550. The van der Waals surface area contributed by atoms with Gasteiger partial charge in [-0.3, -0.25) is 14.6 Å². The minimum atomic E-state index is -1.15. The summed E-state index contributed by atoms with van der Waals surface area (Å²) >= 11 is 0. The monoisotopic (exact) mass is 273 g/mol. The van der Waals surface area contributed by atoms with Crippen molar-refractivity contribution in [2.24, 2.45) is 0 Å². The molecule has 0 atom stereocenters. The van der Waals surface area contributed by atoms with Gasteiger partial charge in [0.25, 0.3) is 5.91 Å². The standard InChI is InChI=1S/C13H11N3O4/c1-7-2-11(17)10(6-15-7)12(18)16-9-3-8(13(19)20)4-14-5-9/h2-6H,1H3,(H,15,17)(H,16,18)(H,19,20). The van der Waals surface area contributed by atoms with E-state index >= 15 is 0 Å². The first kappa shape index (κ1) is 13.5. The average molecular weight is 273 g/mol. The average Bonchev–Trinajstić information content (AvgIpc) is 2.38. The number of nitrogens with one attached hydrogen (secondary N) is 2. The summed E-state index contributed by atoms with van der Waals surface area (Å²) in [7, 11) is 0. The number of aromatic amines is 1. The zero-order valence-electron chi connectivity index (χ0n) is 10.5. The van der Waals surface area contributed by atoms with E-state index in [1.54, 1.807) is 6.92 Å². The number of hydrogen-bond acceptors (Lipinski definition) is 4. The maximum absolute atomic E-state index is 11.9. The summed E-state index contributed by atoms with van der Waals surface area (Å²) in [6.07, 6.45) is 3.77. The molecule has 2 aromatic rings. The van der Waals surface area contributed by atoms with Crippen LogP contribution in [0.4, 0.5) is 5.69 Å². The SMILES string of the molecule is Cc1cc(=O)c(C(=O)Nc2cncc(C(=O)O)c2)c[nH]1. The third kappa shape index (κ3) is 2.89. The van der Waals surface area contributed by atoms with Gasteiger partial charge in [-0.05, 0) is 13.0 Å². The fourth-order valence-corrected chi connectivity index (χ4v) is 1.57. The molecule has 0 radical (unpaired) electrons. The Balaban J connectivity index is 2.25. The molecule has 0 aromatic carbocycles. The maximum Gasteiger partial charge on any atom is 0.337 e. The largest absolute Gasteiger partial charge is 0.478 e. The van der Waals surface area contributed by atoms with Crippen LogP contribution >= 0.6 is 0 Å². The van der Waals surface area contributed by atoms with Crippen molar-refractivity contribution in [3.05, 3.63) is 57.8 Å². The molecule has 0 aliphatic carbocycles. The van der Waals surface area contributed by atoms with E-state index < -0.39 is 17.3 Å². The number of rotatable bonds is 3. The van der Waals surface area contributed by atoms with Crippen molar-refractivity contribution >= 4 is 17.6 Å². The van der Waals surface area contributed by atoms with E-state index in [2.05, 4.69) is 15.3 Å². The number of aryl methyl sites for hydroxylation is 1. The number of anilines is 1. The van der Waals surface area contributed by atoms with Gasteiger partial charge in [0.2, 0.25) is 0 Å². The van der Waals surface area contributed by atoms with E-state index in [0.717, 1.165) is 6.20 Å². The third-order valence-corrected chi connectivity index (χ3v) is 2.54. The van der Waals surface area contributed by atoms with Gasteiger partial charge in [0.05, 0.1) is 17.4 Å². The van der Waals surface area contributed by atoms with Crippen molar-refractivity contribution in [3.8, 4) is 0 Å². The summed E-state index contributed by atoms with van der Waals surface area (Å²) in [4.78, 5) is 40.8. The van der Waals surface area contributed by atoms with Crippen molar-refractivity contribution in [3.63, 3.8) is 0 Å². The predicted molar refractivity (Wildman–Crippen MR) is 70.9 cm³/mol. The molecule has 0 saturated heterocycles. The van der Waals surface area contributed by atoms with Gasteiger partial charge in [0, 0.05) is 24.2 Å². The second-order valence-corrected chi connectivity index (χ2v) is 4.12. The van der Waals surface area contributed by atoms with Crippen molar-refractivity contribution in [1.82, 2.24) is 9.97 Å². The molecular weight excluding hydrogens is 262 g/mol. The third-order valence-electron chi connectivity index (χ3n) is 2.54. The smallest absolute Gasteiger partial charge is 0.337 e. The van der Waals surface area contributed by atoms with Crippen molar-refractivity contribution in [2.45, 2.75) is 6.92 Å². The predicted octanol–water partition coefficient (Wildman–Crippen LogP) is 1.03. The van der Waals surface area contributed by atoms with Gasteiger partial charge in [-0.2, -0.15) is 0 Å². The van der Waals surface area contributed by atoms with Gasteiger partial charge in [-0.15, -0.1) is 0 Å². The Hall–Kier alpha value is -2.96. The van der Waals surface area contributed by atoms with Crippen LogP contribution in [0.5, 0.6) is 0 Å². The lowest BCUT2D eigenvalue weighted by Gasteiger charge is -2.05. The zero-order chi connectivity index (χ0) is 14.7. The first-order chi connectivity index (χ1) is 9.47. The molecule has 3 N–H and O–H groups in total. The Morgan fingerprint density at radius 2 is 2.05 bits per heavy atom. The molecule has 0 unspecified atom stereocenters. The number of amides is 1. The van der Waals surface area contributed by atoms with Crippen LogP contribution in [-0.4, -0.2) is 27.0 Å². The highest BCUT2D eigenvalue weighted by molar-refractivity contribution is 6.04. The molecule has 7 nitrogen and oxygen atoms in total. The Morgan fingerprint density at radius 3 is 2.70 bits per heavy atom. The van der Waals surface area contributed by atoms with Crippen LogP contribution in [0.1, 0.15) is 26.4 Å². The van der Waals surface area contributed by atoms with Gasteiger partial charge >= 0.3 is 5.97 Å². The molecule has 0 fully saturated rings. The fourth-order valence-electron chi connectivity index (χ4n) is 1.57. The van der Waals surface area contributed by atoms with Crippen LogP contribution in [0.15, 0.2) is 35.5 Å². The number of aromatic carboxylic acids is 1. The summed E-state index contributed by atoms with van der Waals surface area (Å²) in [5, 5.41) is 11.3. The zero-order valence-corrected chi connectivity index (χ0v) is 10.5. The van der Waals surface area contributed by atoms with Crippen LogP contribution in [-0.2, 0) is 0 Å². The molecular formula is C13H11N3O4. The molecule has 2 aromatic heterocycles. The molecule has 2 heterocycles. The molecule has 0 aliphatic heterocycles.